The monoisotopic (exact) mass is 352 g/mol. The number of nitrogens with one attached hydrogen (secondary N) is 1. The van der Waals surface area contributed by atoms with E-state index in [1.165, 1.54) is 0 Å². The average Bonchev–Trinajstić information content (AvgIpc) is 2.52. The molecular formula is C21H28N4O. The summed E-state index contributed by atoms with van der Waals surface area (Å²) in [5.74, 6) is 0.775. The number of aromatic nitrogens is 3. The number of carbonyl (C=O) groups is 1. The first-order valence-electron chi connectivity index (χ1n) is 9.19. The zero-order chi connectivity index (χ0) is 18.9. The number of fused-ring (bicyclic) bond motifs is 1. The van der Waals surface area contributed by atoms with Crippen molar-refractivity contribution in [1.29, 1.82) is 0 Å². The van der Waals surface area contributed by atoms with E-state index in [1.807, 2.05) is 18.3 Å². The minimum absolute atomic E-state index is 0.0300. The molecule has 3 rings (SSSR count). The van der Waals surface area contributed by atoms with Gasteiger partial charge in [-0.2, -0.15) is 0 Å². The van der Waals surface area contributed by atoms with E-state index in [-0.39, 0.29) is 22.8 Å². The molecule has 26 heavy (non-hydrogen) atoms. The van der Waals surface area contributed by atoms with Crippen LogP contribution in [0.25, 0.3) is 11.4 Å². The highest BCUT2D eigenvalue weighted by atomic mass is 16.1. The second-order valence-electron chi connectivity index (χ2n) is 9.24. The van der Waals surface area contributed by atoms with Crippen LogP contribution in [0.3, 0.4) is 0 Å². The molecule has 138 valence electrons. The summed E-state index contributed by atoms with van der Waals surface area (Å²) in [6.45, 7) is 10.7. The van der Waals surface area contributed by atoms with Gasteiger partial charge in [0.15, 0.2) is 5.82 Å². The minimum Gasteiger partial charge on any atom is -0.349 e. The van der Waals surface area contributed by atoms with Gasteiger partial charge in [0.05, 0.1) is 11.7 Å². The van der Waals surface area contributed by atoms with Crippen LogP contribution in [0.2, 0.25) is 0 Å². The van der Waals surface area contributed by atoms with Crippen molar-refractivity contribution in [3.8, 4) is 11.4 Å². The zero-order valence-electron chi connectivity index (χ0n) is 16.3. The molecule has 5 heteroatoms. The normalized spacial score (nSPS) is 18.9. The summed E-state index contributed by atoms with van der Waals surface area (Å²) < 4.78 is 0. The fourth-order valence-electron chi connectivity index (χ4n) is 3.54. The van der Waals surface area contributed by atoms with Crippen LogP contribution in [-0.4, -0.2) is 20.9 Å². The molecular weight excluding hydrogens is 324 g/mol. The molecule has 0 bridgehead atoms. The lowest BCUT2D eigenvalue weighted by Gasteiger charge is -2.37. The molecule has 2 heterocycles. The van der Waals surface area contributed by atoms with Crippen LogP contribution in [0.1, 0.15) is 64.8 Å². The quantitative estimate of drug-likeness (QED) is 0.903. The highest BCUT2D eigenvalue weighted by Gasteiger charge is 2.35. The molecule has 2 aromatic rings. The number of pyridine rings is 1. The van der Waals surface area contributed by atoms with Crippen LogP contribution in [-0.2, 0) is 11.2 Å². The van der Waals surface area contributed by atoms with Crippen molar-refractivity contribution in [2.45, 2.75) is 59.9 Å². The summed E-state index contributed by atoms with van der Waals surface area (Å²) in [6.07, 6.45) is 7.68. The van der Waals surface area contributed by atoms with E-state index in [1.54, 1.807) is 12.4 Å². The Morgan fingerprint density at radius 3 is 2.73 bits per heavy atom. The van der Waals surface area contributed by atoms with Crippen LogP contribution < -0.4 is 5.32 Å². The summed E-state index contributed by atoms with van der Waals surface area (Å²) in [4.78, 5) is 26.0. The molecule has 0 saturated heterocycles. The molecule has 1 aliphatic rings. The minimum atomic E-state index is -0.0356. The van der Waals surface area contributed by atoms with Gasteiger partial charge in [0.1, 0.15) is 0 Å². The van der Waals surface area contributed by atoms with E-state index in [9.17, 15) is 4.79 Å². The number of nitrogens with zero attached hydrogens (tertiary/aromatic N) is 3. The Hall–Kier alpha value is -2.30. The molecule has 0 radical (unpaired) electrons. The van der Waals surface area contributed by atoms with E-state index in [2.05, 4.69) is 49.9 Å². The summed E-state index contributed by atoms with van der Waals surface area (Å²) in [5, 5.41) is 3.22. The number of hydrogen-bond acceptors (Lipinski definition) is 4. The van der Waals surface area contributed by atoms with Gasteiger partial charge in [-0.05, 0) is 35.8 Å². The number of carbonyl (C=O) groups excluding carboxylic acids is 1. The van der Waals surface area contributed by atoms with Crippen molar-refractivity contribution in [3.63, 3.8) is 0 Å². The lowest BCUT2D eigenvalue weighted by Crippen LogP contribution is -2.38. The second kappa shape index (κ2) is 6.78. The first-order chi connectivity index (χ1) is 12.1. The maximum atomic E-state index is 12.5. The van der Waals surface area contributed by atoms with Crippen LogP contribution in [0.15, 0.2) is 30.7 Å². The predicted molar refractivity (Wildman–Crippen MR) is 102 cm³/mol. The molecule has 1 unspecified atom stereocenters. The maximum Gasteiger partial charge on any atom is 0.221 e. The molecule has 0 aromatic carbocycles. The van der Waals surface area contributed by atoms with Crippen molar-refractivity contribution in [3.05, 3.63) is 42.0 Å². The van der Waals surface area contributed by atoms with Crippen LogP contribution in [0.4, 0.5) is 0 Å². The Balaban J connectivity index is 1.89. The molecule has 0 fully saturated rings. The third-order valence-electron chi connectivity index (χ3n) is 4.62. The first kappa shape index (κ1) is 18.5. The van der Waals surface area contributed by atoms with Crippen LogP contribution in [0.5, 0.6) is 0 Å². The lowest BCUT2D eigenvalue weighted by molar-refractivity contribution is -0.123. The highest BCUT2D eigenvalue weighted by molar-refractivity contribution is 5.77. The van der Waals surface area contributed by atoms with Gasteiger partial charge in [0.2, 0.25) is 5.91 Å². The Bertz CT molecular complexity index is 793. The fraction of sp³-hybridized carbons (Fsp3) is 0.524. The van der Waals surface area contributed by atoms with Crippen molar-refractivity contribution >= 4 is 5.91 Å². The molecule has 0 aliphatic heterocycles. The first-order valence-corrected chi connectivity index (χ1v) is 9.19. The predicted octanol–water partition coefficient (Wildman–Crippen LogP) is 4.10. The summed E-state index contributed by atoms with van der Waals surface area (Å²) in [5.41, 5.74) is 3.02. The fourth-order valence-corrected chi connectivity index (χ4v) is 3.54. The molecule has 1 N–H and O–H groups in total. The number of rotatable bonds is 3. The summed E-state index contributed by atoms with van der Waals surface area (Å²) in [6, 6.07) is 3.81. The van der Waals surface area contributed by atoms with Crippen LogP contribution >= 0.6 is 0 Å². The lowest BCUT2D eigenvalue weighted by atomic mass is 9.74. The van der Waals surface area contributed by atoms with E-state index < -0.39 is 0 Å². The molecule has 1 amide bonds. The van der Waals surface area contributed by atoms with Gasteiger partial charge in [0, 0.05) is 36.1 Å². The number of amides is 1. The van der Waals surface area contributed by atoms with E-state index in [0.29, 0.717) is 12.2 Å². The topological polar surface area (TPSA) is 67.8 Å². The van der Waals surface area contributed by atoms with Gasteiger partial charge < -0.3 is 5.32 Å². The van der Waals surface area contributed by atoms with Crippen molar-refractivity contribution in [1.82, 2.24) is 20.3 Å². The van der Waals surface area contributed by atoms with Crippen molar-refractivity contribution in [2.24, 2.45) is 10.8 Å². The van der Waals surface area contributed by atoms with Gasteiger partial charge in [-0.1, -0.05) is 34.6 Å². The van der Waals surface area contributed by atoms with E-state index in [0.717, 1.165) is 29.7 Å². The van der Waals surface area contributed by atoms with Gasteiger partial charge in [0.25, 0.3) is 0 Å². The zero-order valence-corrected chi connectivity index (χ0v) is 16.3. The van der Waals surface area contributed by atoms with E-state index in [4.69, 9.17) is 4.98 Å². The molecule has 5 nitrogen and oxygen atoms in total. The molecule has 0 spiro atoms. The van der Waals surface area contributed by atoms with Gasteiger partial charge in [-0.25, -0.2) is 9.97 Å². The Morgan fingerprint density at radius 1 is 1.31 bits per heavy atom. The van der Waals surface area contributed by atoms with Crippen molar-refractivity contribution in [2.75, 3.05) is 0 Å². The Kier molecular flexibility index (Phi) is 4.82. The standard InChI is InChI=1S/C21H28N4O/c1-20(2,3)11-18(26)24-16-9-21(4,5)10-17-15(16)13-23-19(25-17)14-7-6-8-22-12-14/h6-8,12-13,16H,9-11H2,1-5H3,(H,24,26). The van der Waals surface area contributed by atoms with E-state index >= 15 is 0 Å². The average molecular weight is 352 g/mol. The molecule has 1 aliphatic carbocycles. The second-order valence-corrected chi connectivity index (χ2v) is 9.24. The largest absolute Gasteiger partial charge is 0.349 e. The van der Waals surface area contributed by atoms with Gasteiger partial charge >= 0.3 is 0 Å². The smallest absolute Gasteiger partial charge is 0.221 e. The van der Waals surface area contributed by atoms with Gasteiger partial charge in [-0.3, -0.25) is 9.78 Å². The molecule has 2 aromatic heterocycles. The summed E-state index contributed by atoms with van der Waals surface area (Å²) >= 11 is 0. The number of hydrogen-bond donors (Lipinski definition) is 1. The molecule has 0 saturated carbocycles. The van der Waals surface area contributed by atoms with Gasteiger partial charge in [-0.15, -0.1) is 0 Å². The Morgan fingerprint density at radius 2 is 2.08 bits per heavy atom. The SMILES string of the molecule is CC(C)(C)CC(=O)NC1CC(C)(C)Cc2nc(-c3cccnc3)ncc21. The molecule has 1 atom stereocenters. The Labute approximate surface area is 155 Å². The van der Waals surface area contributed by atoms with Crippen LogP contribution in [0, 0.1) is 10.8 Å². The maximum absolute atomic E-state index is 12.5. The third-order valence-corrected chi connectivity index (χ3v) is 4.62. The highest BCUT2D eigenvalue weighted by Crippen LogP contribution is 2.40. The van der Waals surface area contributed by atoms with Crippen molar-refractivity contribution < 1.29 is 4.79 Å². The summed E-state index contributed by atoms with van der Waals surface area (Å²) in [7, 11) is 0. The third kappa shape index (κ3) is 4.45.